The van der Waals surface area contributed by atoms with E-state index in [1.807, 2.05) is 13.8 Å². The number of hydrogen-bond acceptors (Lipinski definition) is 7. The van der Waals surface area contributed by atoms with Crippen LogP contribution in [0.15, 0.2) is 29.2 Å². The highest BCUT2D eigenvalue weighted by molar-refractivity contribution is 7.86. The first-order chi connectivity index (χ1) is 11.0. The Hall–Kier alpha value is -1.03. The minimum absolute atomic E-state index is 0.0792. The van der Waals surface area contributed by atoms with E-state index < -0.39 is 22.3 Å². The number of aryl methyl sites for hydroxylation is 1. The third kappa shape index (κ3) is 3.73. The third-order valence-electron chi connectivity index (χ3n) is 3.98. The van der Waals surface area contributed by atoms with E-state index in [2.05, 4.69) is 0 Å². The molecule has 1 aromatic rings. The lowest BCUT2D eigenvalue weighted by Gasteiger charge is -2.23. The second-order valence-corrected chi connectivity index (χ2v) is 7.24. The van der Waals surface area contributed by atoms with Gasteiger partial charge in [0.2, 0.25) is 0 Å². The molecule has 2 aliphatic rings. The molecule has 128 valence electrons. The van der Waals surface area contributed by atoms with Crippen molar-refractivity contribution >= 4 is 10.1 Å². The van der Waals surface area contributed by atoms with Crippen LogP contribution in [0.1, 0.15) is 12.5 Å². The van der Waals surface area contributed by atoms with Gasteiger partial charge >= 0.3 is 0 Å². The van der Waals surface area contributed by atoms with E-state index >= 15 is 0 Å². The third-order valence-corrected chi connectivity index (χ3v) is 5.28. The van der Waals surface area contributed by atoms with Gasteiger partial charge in [0.05, 0.1) is 17.6 Å². The average molecular weight is 344 g/mol. The summed E-state index contributed by atoms with van der Waals surface area (Å²) >= 11 is 0. The Morgan fingerprint density at radius 2 is 1.70 bits per heavy atom. The van der Waals surface area contributed by atoms with Crippen molar-refractivity contribution in [1.82, 2.24) is 0 Å². The molecule has 0 bridgehead atoms. The van der Waals surface area contributed by atoms with Crippen molar-refractivity contribution in [1.29, 1.82) is 0 Å². The van der Waals surface area contributed by atoms with Gasteiger partial charge in [-0.2, -0.15) is 8.42 Å². The number of hydrogen-bond donors (Lipinski definition) is 0. The molecule has 2 aliphatic heterocycles. The molecule has 8 heteroatoms. The summed E-state index contributed by atoms with van der Waals surface area (Å²) in [6, 6.07) is 6.48. The van der Waals surface area contributed by atoms with Gasteiger partial charge < -0.3 is 18.9 Å². The van der Waals surface area contributed by atoms with Crippen LogP contribution in [-0.2, 0) is 33.2 Å². The largest absolute Gasteiger partial charge is 0.350 e. The highest BCUT2D eigenvalue weighted by atomic mass is 32.2. The van der Waals surface area contributed by atoms with Gasteiger partial charge in [0.1, 0.15) is 31.9 Å². The van der Waals surface area contributed by atoms with Gasteiger partial charge in [0, 0.05) is 0 Å². The fourth-order valence-corrected chi connectivity index (χ4v) is 3.52. The summed E-state index contributed by atoms with van der Waals surface area (Å²) in [5, 5.41) is 0. The predicted octanol–water partition coefficient (Wildman–Crippen LogP) is 1.20. The lowest BCUT2D eigenvalue weighted by atomic mass is 10.0. The van der Waals surface area contributed by atoms with Crippen molar-refractivity contribution in [3.05, 3.63) is 29.8 Å². The first-order valence-electron chi connectivity index (χ1n) is 7.40. The Labute approximate surface area is 135 Å². The van der Waals surface area contributed by atoms with Crippen LogP contribution in [-0.4, -0.2) is 53.0 Å². The zero-order valence-electron chi connectivity index (χ0n) is 13.0. The van der Waals surface area contributed by atoms with Crippen molar-refractivity contribution < 1.29 is 31.5 Å². The molecule has 3 rings (SSSR count). The Kier molecular flexibility index (Phi) is 5.00. The Morgan fingerprint density at radius 3 is 2.35 bits per heavy atom. The van der Waals surface area contributed by atoms with Crippen LogP contribution in [0.4, 0.5) is 0 Å². The minimum atomic E-state index is -3.83. The summed E-state index contributed by atoms with van der Waals surface area (Å²) < 4.78 is 51.3. The molecule has 23 heavy (non-hydrogen) atoms. The molecule has 2 saturated heterocycles. The molecule has 2 fully saturated rings. The van der Waals surface area contributed by atoms with Gasteiger partial charge in [-0.05, 0) is 26.0 Å². The van der Waals surface area contributed by atoms with Gasteiger partial charge in [-0.3, -0.25) is 4.18 Å². The molecule has 4 atom stereocenters. The van der Waals surface area contributed by atoms with Crippen LogP contribution in [0.3, 0.4) is 0 Å². The van der Waals surface area contributed by atoms with E-state index in [9.17, 15) is 8.42 Å². The standard InChI is InChI=1S/C15H20O7S/c1-10-3-5-12(6-4-10)23(16,17)22-7-13-15(21-9-19-13)14-11(2)18-8-20-14/h3-6,11,13-15H,7-9H2,1-2H3/t11-,13+,14-,15-/m0/s1. The van der Waals surface area contributed by atoms with E-state index in [1.54, 1.807) is 12.1 Å². The summed E-state index contributed by atoms with van der Waals surface area (Å²) in [4.78, 5) is 0.118. The second-order valence-electron chi connectivity index (χ2n) is 5.63. The number of rotatable bonds is 5. The van der Waals surface area contributed by atoms with Crippen LogP contribution < -0.4 is 0 Å². The molecule has 7 nitrogen and oxygen atoms in total. The molecule has 0 amide bonds. The predicted molar refractivity (Wildman–Crippen MR) is 79.2 cm³/mol. The maximum absolute atomic E-state index is 12.2. The van der Waals surface area contributed by atoms with Crippen molar-refractivity contribution in [2.24, 2.45) is 0 Å². The van der Waals surface area contributed by atoms with Crippen LogP contribution in [0.5, 0.6) is 0 Å². The topological polar surface area (TPSA) is 80.3 Å². The van der Waals surface area contributed by atoms with E-state index in [4.69, 9.17) is 23.1 Å². The van der Waals surface area contributed by atoms with Crippen LogP contribution in [0, 0.1) is 6.92 Å². The van der Waals surface area contributed by atoms with Crippen molar-refractivity contribution in [3.63, 3.8) is 0 Å². The molecule has 1 aromatic carbocycles. The summed E-state index contributed by atoms with van der Waals surface area (Å²) in [5.41, 5.74) is 0.976. The molecule has 0 N–H and O–H groups in total. The maximum atomic E-state index is 12.2. The monoisotopic (exact) mass is 344 g/mol. The van der Waals surface area contributed by atoms with Gasteiger partial charge in [0.15, 0.2) is 0 Å². The number of benzene rings is 1. The molecule has 0 spiro atoms. The van der Waals surface area contributed by atoms with E-state index in [-0.39, 0.29) is 37.3 Å². The molecular weight excluding hydrogens is 324 g/mol. The smallest absolute Gasteiger partial charge is 0.297 e. The fraction of sp³-hybridized carbons (Fsp3) is 0.600. The van der Waals surface area contributed by atoms with E-state index in [1.165, 1.54) is 12.1 Å². The molecular formula is C15H20O7S. The molecule has 0 unspecified atom stereocenters. The van der Waals surface area contributed by atoms with Gasteiger partial charge in [-0.1, -0.05) is 17.7 Å². The normalized spacial score (nSPS) is 31.6. The molecule has 0 aromatic heterocycles. The summed E-state index contributed by atoms with van der Waals surface area (Å²) in [7, 11) is -3.83. The van der Waals surface area contributed by atoms with Crippen molar-refractivity contribution in [3.8, 4) is 0 Å². The van der Waals surface area contributed by atoms with E-state index in [0.29, 0.717) is 0 Å². The molecule has 0 aliphatic carbocycles. The maximum Gasteiger partial charge on any atom is 0.297 e. The van der Waals surface area contributed by atoms with Gasteiger partial charge in [-0.15, -0.1) is 0 Å². The van der Waals surface area contributed by atoms with Crippen molar-refractivity contribution in [2.45, 2.75) is 43.2 Å². The zero-order chi connectivity index (χ0) is 16.4. The summed E-state index contributed by atoms with van der Waals surface area (Å²) in [5.74, 6) is 0. The van der Waals surface area contributed by atoms with Crippen LogP contribution in [0.25, 0.3) is 0 Å². The second kappa shape index (κ2) is 6.84. The first-order valence-corrected chi connectivity index (χ1v) is 8.81. The zero-order valence-corrected chi connectivity index (χ0v) is 13.8. The Morgan fingerprint density at radius 1 is 1.04 bits per heavy atom. The number of ether oxygens (including phenoxy) is 4. The fourth-order valence-electron chi connectivity index (χ4n) is 2.60. The Bertz CT molecular complexity index is 628. The average Bonchev–Trinajstić information content (AvgIpc) is 3.14. The van der Waals surface area contributed by atoms with Crippen LogP contribution >= 0.6 is 0 Å². The lowest BCUT2D eigenvalue weighted by molar-refractivity contribution is -0.0327. The van der Waals surface area contributed by atoms with Crippen LogP contribution in [0.2, 0.25) is 0 Å². The SMILES string of the molecule is Cc1ccc(S(=O)(=O)OC[C@H]2OCO[C@@H]2[C@H]2OCO[C@H]2C)cc1. The molecule has 0 saturated carbocycles. The summed E-state index contributed by atoms with van der Waals surface area (Å²) in [6.45, 7) is 3.90. The quantitative estimate of drug-likeness (QED) is 0.743. The highest BCUT2D eigenvalue weighted by Gasteiger charge is 2.43. The summed E-state index contributed by atoms with van der Waals surface area (Å²) in [6.07, 6.45) is -1.38. The minimum Gasteiger partial charge on any atom is -0.350 e. The molecule has 2 heterocycles. The Balaban J connectivity index is 1.63. The van der Waals surface area contributed by atoms with E-state index in [0.717, 1.165) is 5.56 Å². The first kappa shape index (κ1) is 16.8. The van der Waals surface area contributed by atoms with Crippen molar-refractivity contribution in [2.75, 3.05) is 20.2 Å². The molecule has 0 radical (unpaired) electrons. The van der Waals surface area contributed by atoms with Gasteiger partial charge in [-0.25, -0.2) is 0 Å². The highest BCUT2D eigenvalue weighted by Crippen LogP contribution is 2.26. The van der Waals surface area contributed by atoms with Gasteiger partial charge in [0.25, 0.3) is 10.1 Å². The lowest BCUT2D eigenvalue weighted by Crippen LogP contribution is -2.42.